The van der Waals surface area contributed by atoms with Crippen LogP contribution < -0.4 is 10.1 Å². The maximum Gasteiger partial charge on any atom is 0.251 e. The molecule has 1 fully saturated rings. The van der Waals surface area contributed by atoms with Gasteiger partial charge in [-0.15, -0.1) is 0 Å². The van der Waals surface area contributed by atoms with Gasteiger partial charge in [-0.05, 0) is 42.2 Å². The summed E-state index contributed by atoms with van der Waals surface area (Å²) >= 11 is 0. The molecule has 0 radical (unpaired) electrons. The van der Waals surface area contributed by atoms with Crippen LogP contribution in [-0.4, -0.2) is 48.4 Å². The molecule has 1 aliphatic rings. The lowest BCUT2D eigenvalue weighted by Crippen LogP contribution is -2.32. The number of amides is 1. The minimum atomic E-state index is -3.77. The second-order valence-electron chi connectivity index (χ2n) is 8.37. The first-order chi connectivity index (χ1) is 16.5. The van der Waals surface area contributed by atoms with Crippen molar-refractivity contribution < 1.29 is 17.9 Å². The Bertz CT molecular complexity index is 1220. The third-order valence-corrected chi connectivity index (χ3v) is 8.00. The molecule has 9 heteroatoms. The number of carbonyl (C=O) groups is 1. The molecule has 0 aliphatic carbocycles. The average Bonchev–Trinajstić information content (AvgIpc) is 3.20. The number of carbonyl (C=O) groups excluding carboxylic acids is 1. The van der Waals surface area contributed by atoms with Gasteiger partial charge in [0.05, 0.1) is 13.4 Å². The van der Waals surface area contributed by atoms with E-state index in [2.05, 4.69) is 10.3 Å². The van der Waals surface area contributed by atoms with Crippen LogP contribution in [0.3, 0.4) is 0 Å². The molecule has 2 heterocycles. The first-order valence-electron chi connectivity index (χ1n) is 11.5. The number of imidazole rings is 1. The number of ether oxygens (including phenoxy) is 1. The lowest BCUT2D eigenvalue weighted by atomic mass is 10.1. The number of rotatable bonds is 8. The number of benzene rings is 2. The zero-order valence-corrected chi connectivity index (χ0v) is 20.1. The molecule has 1 aromatic heterocycles. The molecular formula is C25H30N4O4S. The monoisotopic (exact) mass is 482 g/mol. The molecule has 1 N–H and O–H groups in total. The number of nitrogens with zero attached hydrogens (tertiary/aromatic N) is 3. The van der Waals surface area contributed by atoms with Gasteiger partial charge >= 0.3 is 0 Å². The highest BCUT2D eigenvalue weighted by molar-refractivity contribution is 7.89. The number of nitrogens with one attached hydrogen (secondary N) is 1. The molecule has 3 aromatic rings. The van der Waals surface area contributed by atoms with E-state index in [1.54, 1.807) is 24.7 Å². The molecule has 0 bridgehead atoms. The Morgan fingerprint density at radius 2 is 1.79 bits per heavy atom. The normalized spacial score (nSPS) is 15.0. The van der Waals surface area contributed by atoms with E-state index in [9.17, 15) is 13.2 Å². The van der Waals surface area contributed by atoms with Gasteiger partial charge in [-0.2, -0.15) is 4.31 Å². The molecule has 34 heavy (non-hydrogen) atoms. The fourth-order valence-electron chi connectivity index (χ4n) is 4.18. The Labute approximate surface area is 200 Å². The molecule has 0 unspecified atom stereocenters. The Balaban J connectivity index is 1.52. The van der Waals surface area contributed by atoms with Crippen molar-refractivity contribution in [2.45, 2.75) is 43.7 Å². The van der Waals surface area contributed by atoms with E-state index < -0.39 is 10.0 Å². The predicted octanol–water partition coefficient (Wildman–Crippen LogP) is 3.43. The van der Waals surface area contributed by atoms with Crippen molar-refractivity contribution in [3.8, 4) is 5.75 Å². The summed E-state index contributed by atoms with van der Waals surface area (Å²) in [5, 5.41) is 2.93. The third-order valence-electron chi connectivity index (χ3n) is 6.08. The van der Waals surface area contributed by atoms with Crippen molar-refractivity contribution in [3.63, 3.8) is 0 Å². The summed E-state index contributed by atoms with van der Waals surface area (Å²) in [7, 11) is -2.33. The zero-order valence-electron chi connectivity index (χ0n) is 19.3. The molecule has 2 aromatic carbocycles. The van der Waals surface area contributed by atoms with Crippen LogP contribution in [-0.2, 0) is 23.1 Å². The van der Waals surface area contributed by atoms with Crippen molar-refractivity contribution in [2.24, 2.45) is 0 Å². The minimum Gasteiger partial charge on any atom is -0.495 e. The van der Waals surface area contributed by atoms with E-state index in [1.165, 1.54) is 17.5 Å². The maximum atomic E-state index is 13.4. The topological polar surface area (TPSA) is 93.5 Å². The van der Waals surface area contributed by atoms with Crippen LogP contribution in [0.25, 0.3) is 0 Å². The van der Waals surface area contributed by atoms with Crippen molar-refractivity contribution >= 4 is 15.9 Å². The second-order valence-corrected chi connectivity index (χ2v) is 10.3. The van der Waals surface area contributed by atoms with Crippen molar-refractivity contribution in [2.75, 3.05) is 20.2 Å². The van der Waals surface area contributed by atoms with Crippen LogP contribution in [0, 0.1) is 0 Å². The van der Waals surface area contributed by atoms with Crippen LogP contribution in [0.4, 0.5) is 0 Å². The molecule has 1 amide bonds. The largest absolute Gasteiger partial charge is 0.495 e. The average molecular weight is 483 g/mol. The lowest BCUT2D eigenvalue weighted by Gasteiger charge is -2.21. The molecule has 8 nitrogen and oxygen atoms in total. The summed E-state index contributed by atoms with van der Waals surface area (Å²) in [5.41, 5.74) is 2.33. The van der Waals surface area contributed by atoms with Gasteiger partial charge in [0.2, 0.25) is 10.0 Å². The first-order valence-corrected chi connectivity index (χ1v) is 12.9. The Hall–Kier alpha value is -3.17. The fraction of sp³-hybridized carbons (Fsp3) is 0.360. The number of sulfonamides is 1. The zero-order chi connectivity index (χ0) is 24.0. The van der Waals surface area contributed by atoms with Gasteiger partial charge < -0.3 is 14.6 Å². The lowest BCUT2D eigenvalue weighted by molar-refractivity contribution is 0.0950. The van der Waals surface area contributed by atoms with Gasteiger partial charge in [-0.1, -0.05) is 37.1 Å². The Kier molecular flexibility index (Phi) is 7.64. The maximum absolute atomic E-state index is 13.4. The molecule has 1 aliphatic heterocycles. The van der Waals surface area contributed by atoms with Gasteiger partial charge in [0.15, 0.2) is 0 Å². The van der Waals surface area contributed by atoms with Crippen molar-refractivity contribution in [1.82, 2.24) is 19.2 Å². The van der Waals surface area contributed by atoms with E-state index in [0.717, 1.165) is 36.8 Å². The van der Waals surface area contributed by atoms with Crippen LogP contribution >= 0.6 is 0 Å². The van der Waals surface area contributed by atoms with Gasteiger partial charge in [0.25, 0.3) is 5.91 Å². The quantitative estimate of drug-likeness (QED) is 0.531. The van der Waals surface area contributed by atoms with Gasteiger partial charge in [-0.25, -0.2) is 13.4 Å². The van der Waals surface area contributed by atoms with Crippen molar-refractivity contribution in [3.05, 3.63) is 77.9 Å². The summed E-state index contributed by atoms with van der Waals surface area (Å²) < 4.78 is 35.6. The molecule has 1 saturated heterocycles. The van der Waals surface area contributed by atoms with E-state index >= 15 is 0 Å². The Morgan fingerprint density at radius 3 is 2.47 bits per heavy atom. The van der Waals surface area contributed by atoms with E-state index in [4.69, 9.17) is 4.74 Å². The molecule has 0 saturated carbocycles. The SMILES string of the molecule is COc1ccc(C(=O)NCc2ccccc2Cn2ccnc2)cc1S(=O)(=O)N1CCCCCC1. The minimum absolute atomic E-state index is 0.0325. The standard InChI is InChI=1S/C25H30N4O4S/c1-33-23-11-10-20(16-24(23)34(31,32)29-13-6-2-3-7-14-29)25(30)27-17-21-8-4-5-9-22(21)18-28-15-12-26-19-28/h4-5,8-12,15-16,19H,2-3,6-7,13-14,17-18H2,1H3,(H,27,30). The summed E-state index contributed by atoms with van der Waals surface area (Å²) in [6.45, 7) is 1.93. The first kappa shape index (κ1) is 24.0. The highest BCUT2D eigenvalue weighted by Crippen LogP contribution is 2.29. The smallest absolute Gasteiger partial charge is 0.251 e. The number of hydrogen-bond donors (Lipinski definition) is 1. The summed E-state index contributed by atoms with van der Waals surface area (Å²) in [6.07, 6.45) is 9.07. The van der Waals surface area contributed by atoms with Gasteiger partial charge in [0, 0.05) is 44.1 Å². The van der Waals surface area contributed by atoms with E-state index in [1.807, 2.05) is 35.0 Å². The van der Waals surface area contributed by atoms with Crippen LogP contribution in [0.2, 0.25) is 0 Å². The second kappa shape index (κ2) is 10.8. The molecular weight excluding hydrogens is 452 g/mol. The third kappa shape index (κ3) is 5.48. The van der Waals surface area contributed by atoms with Crippen LogP contribution in [0.5, 0.6) is 5.75 Å². The van der Waals surface area contributed by atoms with Gasteiger partial charge in [-0.3, -0.25) is 4.79 Å². The van der Waals surface area contributed by atoms with Crippen LogP contribution in [0.15, 0.2) is 66.1 Å². The summed E-state index contributed by atoms with van der Waals surface area (Å²) in [6, 6.07) is 12.4. The number of hydrogen-bond acceptors (Lipinski definition) is 5. The Morgan fingerprint density at radius 1 is 1.06 bits per heavy atom. The molecule has 180 valence electrons. The molecule has 0 spiro atoms. The fourth-order valence-corrected chi connectivity index (χ4v) is 5.88. The number of methoxy groups -OCH3 is 1. The van der Waals surface area contributed by atoms with E-state index in [0.29, 0.717) is 26.2 Å². The highest BCUT2D eigenvalue weighted by Gasteiger charge is 2.29. The van der Waals surface area contributed by atoms with Gasteiger partial charge in [0.1, 0.15) is 10.6 Å². The van der Waals surface area contributed by atoms with Crippen molar-refractivity contribution in [1.29, 1.82) is 0 Å². The van der Waals surface area contributed by atoms with E-state index in [-0.39, 0.29) is 22.1 Å². The molecule has 0 atom stereocenters. The summed E-state index contributed by atoms with van der Waals surface area (Å²) in [4.78, 5) is 17.1. The number of aromatic nitrogens is 2. The summed E-state index contributed by atoms with van der Waals surface area (Å²) in [5.74, 6) is -0.0983. The highest BCUT2D eigenvalue weighted by atomic mass is 32.2. The predicted molar refractivity (Wildman–Crippen MR) is 129 cm³/mol. The van der Waals surface area contributed by atoms with Crippen LogP contribution in [0.1, 0.15) is 47.2 Å². The molecule has 4 rings (SSSR count).